The predicted molar refractivity (Wildman–Crippen MR) is 72.3 cm³/mol. The van der Waals surface area contributed by atoms with Crippen LogP contribution in [0.3, 0.4) is 0 Å². The number of nitrogens with zero attached hydrogens (tertiary/aromatic N) is 1. The third kappa shape index (κ3) is 1.74. The van der Waals surface area contributed by atoms with E-state index >= 15 is 0 Å². The van der Waals surface area contributed by atoms with Crippen LogP contribution in [0.4, 0.5) is 0 Å². The Balaban J connectivity index is 2.46. The lowest BCUT2D eigenvalue weighted by Crippen LogP contribution is -2.78. The Kier molecular flexibility index (Phi) is 3.68. The average Bonchev–Trinajstić information content (AvgIpc) is 2.56. The topological polar surface area (TPSA) is 95.9 Å². The number of ether oxygens (including phenoxy) is 1. The molecule has 0 aromatic heterocycles. The summed E-state index contributed by atoms with van der Waals surface area (Å²) in [5.41, 5.74) is -1.82. The monoisotopic (exact) mass is 322 g/mol. The van der Waals surface area contributed by atoms with Gasteiger partial charge in [-0.2, -0.15) is 0 Å². The van der Waals surface area contributed by atoms with Crippen LogP contribution in [-0.2, 0) is 19.1 Å². The quantitative estimate of drug-likeness (QED) is 0.551. The maximum Gasteiger partial charge on any atom is 0.352 e. The number of halogens is 1. The van der Waals surface area contributed by atoms with Gasteiger partial charge in [-0.1, -0.05) is 0 Å². The normalized spacial score (nSPS) is 34.4. The number of fused-ring (bicyclic) bond motifs is 1. The molecule has 20 heavy (non-hydrogen) atoms. The molecule has 112 valence electrons. The first-order valence-corrected chi connectivity index (χ1v) is 7.28. The summed E-state index contributed by atoms with van der Waals surface area (Å²) < 4.78 is 4.14. The molecule has 0 radical (unpaired) electrons. The van der Waals surface area contributed by atoms with Crippen molar-refractivity contribution in [3.63, 3.8) is 0 Å². The maximum absolute atomic E-state index is 12.1. The van der Waals surface area contributed by atoms with Crippen LogP contribution in [0.25, 0.3) is 0 Å². The van der Waals surface area contributed by atoms with Crippen LogP contribution in [0, 0.1) is 0 Å². The number of aliphatic carboxylic acids is 1. The van der Waals surface area contributed by atoms with Gasteiger partial charge in [0.1, 0.15) is 11.3 Å². The first kappa shape index (κ1) is 15.4. The Bertz CT molecular complexity index is 485. The lowest BCUT2D eigenvalue weighted by molar-refractivity contribution is -0.187. The van der Waals surface area contributed by atoms with E-state index in [1.807, 2.05) is 0 Å². The molecule has 0 aromatic rings. The van der Waals surface area contributed by atoms with Gasteiger partial charge < -0.3 is 15.2 Å². The molecule has 0 unspecified atom stereocenters. The molecule has 2 heterocycles. The molecule has 0 aromatic carbocycles. The Labute approximate surface area is 125 Å². The molecule has 3 atom stereocenters. The summed E-state index contributed by atoms with van der Waals surface area (Å²) in [4.78, 5) is 36.7. The van der Waals surface area contributed by atoms with E-state index in [0.29, 0.717) is 0 Å². The fourth-order valence-corrected chi connectivity index (χ4v) is 4.46. The summed E-state index contributed by atoms with van der Waals surface area (Å²) in [6, 6.07) is 0. The molecule has 2 fully saturated rings. The van der Waals surface area contributed by atoms with Crippen LogP contribution in [0.1, 0.15) is 13.8 Å². The predicted octanol–water partition coefficient (Wildman–Crippen LogP) is -0.169. The Hall–Kier alpha value is -0.990. The second-order valence-corrected chi connectivity index (χ2v) is 7.09. The molecular weight excluding hydrogens is 308 g/mol. The Morgan fingerprint density at radius 3 is 2.60 bits per heavy atom. The standard InChI is InChI=1S/C11H15ClN2O5S/c1-10(2)11(9(17)18,13-5(15)4-12)14-7(16)6(19-3)8(14)20-10/h6,8H,4H2,1-3H3,(H,13,15)(H,17,18)/t6-,8-,11+/m1/s1. The summed E-state index contributed by atoms with van der Waals surface area (Å²) >= 11 is 6.73. The van der Waals surface area contributed by atoms with Gasteiger partial charge in [-0.05, 0) is 13.8 Å². The lowest BCUT2D eigenvalue weighted by Gasteiger charge is -2.48. The van der Waals surface area contributed by atoms with Crippen molar-refractivity contribution in [2.45, 2.75) is 35.7 Å². The van der Waals surface area contributed by atoms with Gasteiger partial charge in [-0.15, -0.1) is 23.4 Å². The van der Waals surface area contributed by atoms with Crippen molar-refractivity contribution < 1.29 is 24.2 Å². The van der Waals surface area contributed by atoms with E-state index in [-0.39, 0.29) is 5.88 Å². The number of β-lactam (4-membered cyclic amide) rings is 1. The van der Waals surface area contributed by atoms with Crippen molar-refractivity contribution in [3.8, 4) is 0 Å². The van der Waals surface area contributed by atoms with Crippen LogP contribution in [0.15, 0.2) is 0 Å². The molecule has 9 heteroatoms. The Morgan fingerprint density at radius 1 is 1.55 bits per heavy atom. The molecular formula is C11H15ClN2O5S. The van der Waals surface area contributed by atoms with Gasteiger partial charge in [0.25, 0.3) is 5.91 Å². The van der Waals surface area contributed by atoms with E-state index in [1.165, 1.54) is 23.8 Å². The number of alkyl halides is 1. The zero-order valence-electron chi connectivity index (χ0n) is 11.2. The molecule has 0 saturated carbocycles. The fourth-order valence-electron chi connectivity index (χ4n) is 2.66. The number of amides is 2. The van der Waals surface area contributed by atoms with Gasteiger partial charge in [0.05, 0.1) is 4.75 Å². The molecule has 2 aliphatic heterocycles. The Morgan fingerprint density at radius 2 is 2.15 bits per heavy atom. The van der Waals surface area contributed by atoms with Gasteiger partial charge in [-0.25, -0.2) is 4.79 Å². The van der Waals surface area contributed by atoms with Crippen LogP contribution >= 0.6 is 23.4 Å². The van der Waals surface area contributed by atoms with E-state index < -0.39 is 39.7 Å². The number of carboxylic acids is 1. The molecule has 2 aliphatic rings. The molecule has 0 spiro atoms. The van der Waals surface area contributed by atoms with E-state index in [9.17, 15) is 19.5 Å². The summed E-state index contributed by atoms with van der Waals surface area (Å²) in [6.07, 6.45) is -0.687. The minimum absolute atomic E-state index is 0.379. The highest BCUT2D eigenvalue weighted by Crippen LogP contribution is 2.56. The number of thioether (sulfide) groups is 1. The number of nitrogens with one attached hydrogen (secondary N) is 1. The van der Waals surface area contributed by atoms with Gasteiger partial charge in [0, 0.05) is 7.11 Å². The summed E-state index contributed by atoms with van der Waals surface area (Å²) in [5, 5.41) is 11.6. The number of hydrogen-bond acceptors (Lipinski definition) is 5. The molecule has 2 amide bonds. The first-order valence-electron chi connectivity index (χ1n) is 5.87. The van der Waals surface area contributed by atoms with Crippen molar-refractivity contribution in [3.05, 3.63) is 0 Å². The lowest BCUT2D eigenvalue weighted by atomic mass is 9.89. The zero-order valence-corrected chi connectivity index (χ0v) is 12.7. The SMILES string of the molecule is CO[C@@H]1C(=O)N2[C@@H]1SC(C)(C)[C@]2(NC(=O)CCl)C(=O)O. The van der Waals surface area contributed by atoms with E-state index in [0.717, 1.165) is 0 Å². The number of hydrogen-bond donors (Lipinski definition) is 2. The van der Waals surface area contributed by atoms with Crippen molar-refractivity contribution in [2.75, 3.05) is 13.0 Å². The minimum Gasteiger partial charge on any atom is -0.478 e. The number of carbonyl (C=O) groups is 3. The van der Waals surface area contributed by atoms with Gasteiger partial charge in [0.15, 0.2) is 6.10 Å². The van der Waals surface area contributed by atoms with Gasteiger partial charge >= 0.3 is 5.97 Å². The highest BCUT2D eigenvalue weighted by molar-refractivity contribution is 8.01. The number of carbonyl (C=O) groups excluding carboxylic acids is 2. The number of rotatable bonds is 4. The van der Waals surface area contributed by atoms with E-state index in [2.05, 4.69) is 5.32 Å². The molecule has 2 rings (SSSR count). The van der Waals surface area contributed by atoms with Crippen molar-refractivity contribution in [2.24, 2.45) is 0 Å². The second-order valence-electron chi connectivity index (χ2n) is 5.08. The summed E-state index contributed by atoms with van der Waals surface area (Å²) in [5.74, 6) is -2.76. The third-order valence-corrected chi connectivity index (χ3v) is 5.47. The van der Waals surface area contributed by atoms with Crippen LogP contribution in [-0.4, -0.2) is 62.7 Å². The van der Waals surface area contributed by atoms with Gasteiger partial charge in [-0.3, -0.25) is 14.5 Å². The number of methoxy groups -OCH3 is 1. The van der Waals surface area contributed by atoms with Crippen LogP contribution < -0.4 is 5.32 Å². The minimum atomic E-state index is -1.82. The zero-order chi connectivity index (χ0) is 15.3. The van der Waals surface area contributed by atoms with Crippen molar-refractivity contribution in [1.82, 2.24) is 10.2 Å². The molecule has 7 nitrogen and oxygen atoms in total. The highest BCUT2D eigenvalue weighted by atomic mass is 35.5. The highest BCUT2D eigenvalue weighted by Gasteiger charge is 2.73. The first-order chi connectivity index (χ1) is 9.22. The summed E-state index contributed by atoms with van der Waals surface area (Å²) in [7, 11) is 1.39. The van der Waals surface area contributed by atoms with Gasteiger partial charge in [0.2, 0.25) is 11.6 Å². The van der Waals surface area contributed by atoms with Crippen molar-refractivity contribution in [1.29, 1.82) is 0 Å². The van der Waals surface area contributed by atoms with Crippen LogP contribution in [0.5, 0.6) is 0 Å². The van der Waals surface area contributed by atoms with Crippen molar-refractivity contribution >= 4 is 41.1 Å². The van der Waals surface area contributed by atoms with Crippen LogP contribution in [0.2, 0.25) is 0 Å². The molecule has 0 bridgehead atoms. The van der Waals surface area contributed by atoms with E-state index in [1.54, 1.807) is 13.8 Å². The molecule has 2 N–H and O–H groups in total. The fraction of sp³-hybridized carbons (Fsp3) is 0.727. The molecule has 2 saturated heterocycles. The largest absolute Gasteiger partial charge is 0.478 e. The average molecular weight is 323 g/mol. The molecule has 0 aliphatic carbocycles. The second kappa shape index (κ2) is 4.78. The maximum atomic E-state index is 12.1. The summed E-state index contributed by atoms with van der Waals surface area (Å²) in [6.45, 7) is 3.33. The third-order valence-electron chi connectivity index (χ3n) is 3.65. The van der Waals surface area contributed by atoms with E-state index in [4.69, 9.17) is 16.3 Å². The smallest absolute Gasteiger partial charge is 0.352 e. The number of carboxylic acid groups (broad SMARTS) is 1.